The maximum absolute atomic E-state index is 8.58. The van der Waals surface area contributed by atoms with Crippen LogP contribution in [0, 0.1) is 17.2 Å². The Hall–Kier alpha value is -0.550. The molecule has 2 aliphatic rings. The molecule has 2 fully saturated rings. The number of nitrogens with one attached hydrogen (secondary N) is 1. The third-order valence-corrected chi connectivity index (χ3v) is 2.50. The molecule has 3 atom stereocenters. The molecule has 1 N–H and O–H groups in total. The summed E-state index contributed by atoms with van der Waals surface area (Å²) >= 11 is 0. The summed E-state index contributed by atoms with van der Waals surface area (Å²) in [5.41, 5.74) is 0. The molecule has 1 aliphatic heterocycles. The highest BCUT2D eigenvalue weighted by Crippen LogP contribution is 2.34. The van der Waals surface area contributed by atoms with Crippen LogP contribution in [0.15, 0.2) is 0 Å². The Bertz CT molecular complexity index is 159. The average molecular weight is 122 g/mol. The fourth-order valence-corrected chi connectivity index (χ4v) is 2.00. The number of hydrogen-bond acceptors (Lipinski definition) is 2. The summed E-state index contributed by atoms with van der Waals surface area (Å²) in [5, 5.41) is 11.9. The van der Waals surface area contributed by atoms with Gasteiger partial charge in [0.2, 0.25) is 0 Å². The van der Waals surface area contributed by atoms with E-state index in [4.69, 9.17) is 5.26 Å². The van der Waals surface area contributed by atoms with E-state index in [0.29, 0.717) is 12.0 Å². The fourth-order valence-electron chi connectivity index (χ4n) is 2.00. The molecule has 0 amide bonds. The minimum Gasteiger partial charge on any atom is -0.299 e. The van der Waals surface area contributed by atoms with E-state index in [1.165, 1.54) is 19.3 Å². The Labute approximate surface area is 54.9 Å². The van der Waals surface area contributed by atoms with Crippen LogP contribution < -0.4 is 5.32 Å². The zero-order valence-corrected chi connectivity index (χ0v) is 5.30. The van der Waals surface area contributed by atoms with Crippen molar-refractivity contribution in [2.24, 2.45) is 5.92 Å². The quantitative estimate of drug-likeness (QED) is 0.512. The van der Waals surface area contributed by atoms with Gasteiger partial charge in [-0.3, -0.25) is 5.32 Å². The molecule has 2 bridgehead atoms. The highest BCUT2D eigenvalue weighted by atomic mass is 15.0. The zero-order valence-electron chi connectivity index (χ0n) is 5.30. The van der Waals surface area contributed by atoms with Gasteiger partial charge in [-0.15, -0.1) is 0 Å². The van der Waals surface area contributed by atoms with Crippen molar-refractivity contribution >= 4 is 0 Å². The van der Waals surface area contributed by atoms with Crippen LogP contribution in [-0.4, -0.2) is 12.1 Å². The second-order valence-corrected chi connectivity index (χ2v) is 3.04. The van der Waals surface area contributed by atoms with Crippen molar-refractivity contribution in [3.63, 3.8) is 0 Å². The second-order valence-electron chi connectivity index (χ2n) is 3.04. The maximum atomic E-state index is 8.58. The molecule has 1 aliphatic carbocycles. The summed E-state index contributed by atoms with van der Waals surface area (Å²) in [7, 11) is 0. The number of fused-ring (bicyclic) bond motifs is 2. The predicted molar refractivity (Wildman–Crippen MR) is 33.7 cm³/mol. The lowest BCUT2D eigenvalue weighted by Crippen LogP contribution is -2.33. The third kappa shape index (κ3) is 0.650. The predicted octanol–water partition coefficient (Wildman–Crippen LogP) is 0.650. The van der Waals surface area contributed by atoms with Gasteiger partial charge >= 0.3 is 0 Å². The van der Waals surface area contributed by atoms with Crippen molar-refractivity contribution in [3.8, 4) is 6.07 Å². The summed E-state index contributed by atoms with van der Waals surface area (Å²) in [6.07, 6.45) is 3.82. The first-order valence-corrected chi connectivity index (χ1v) is 3.56. The van der Waals surface area contributed by atoms with Crippen molar-refractivity contribution in [2.75, 3.05) is 0 Å². The maximum Gasteiger partial charge on any atom is 0.0984 e. The van der Waals surface area contributed by atoms with Crippen LogP contribution in [-0.2, 0) is 0 Å². The van der Waals surface area contributed by atoms with Crippen LogP contribution in [0.2, 0.25) is 0 Å². The first-order valence-electron chi connectivity index (χ1n) is 3.56. The summed E-state index contributed by atoms with van der Waals surface area (Å²) in [6, 6.07) is 3.15. The molecule has 2 rings (SSSR count). The number of hydrogen-bond donors (Lipinski definition) is 1. The van der Waals surface area contributed by atoms with Gasteiger partial charge < -0.3 is 0 Å². The molecule has 0 radical (unpaired) electrons. The van der Waals surface area contributed by atoms with Gasteiger partial charge in [0.25, 0.3) is 0 Å². The summed E-state index contributed by atoms with van der Waals surface area (Å²) < 4.78 is 0. The number of piperidine rings is 1. The van der Waals surface area contributed by atoms with Crippen molar-refractivity contribution in [1.82, 2.24) is 5.32 Å². The molecule has 1 saturated carbocycles. The van der Waals surface area contributed by atoms with Crippen LogP contribution in [0.3, 0.4) is 0 Å². The van der Waals surface area contributed by atoms with Gasteiger partial charge in [-0.1, -0.05) is 0 Å². The van der Waals surface area contributed by atoms with Crippen molar-refractivity contribution in [2.45, 2.75) is 31.3 Å². The van der Waals surface area contributed by atoms with Gasteiger partial charge in [-0.2, -0.15) is 5.26 Å². The molecule has 0 spiro atoms. The summed E-state index contributed by atoms with van der Waals surface area (Å²) in [4.78, 5) is 0. The molecule has 1 heterocycles. The van der Waals surface area contributed by atoms with Gasteiger partial charge in [0.05, 0.1) is 12.1 Å². The topological polar surface area (TPSA) is 35.8 Å². The van der Waals surface area contributed by atoms with E-state index < -0.39 is 0 Å². The van der Waals surface area contributed by atoms with E-state index in [2.05, 4.69) is 11.4 Å². The Kier molecular flexibility index (Phi) is 1.000. The largest absolute Gasteiger partial charge is 0.299 e. The minimum absolute atomic E-state index is 0.184. The van der Waals surface area contributed by atoms with Crippen LogP contribution in [0.5, 0.6) is 0 Å². The molecule has 9 heavy (non-hydrogen) atoms. The highest BCUT2D eigenvalue weighted by molar-refractivity contribution is 5.06. The number of rotatable bonds is 0. The van der Waals surface area contributed by atoms with Crippen LogP contribution in [0.4, 0.5) is 0 Å². The normalized spacial score (nSPS) is 47.2. The Morgan fingerprint density at radius 2 is 2.33 bits per heavy atom. The molecule has 2 nitrogen and oxygen atoms in total. The van der Waals surface area contributed by atoms with E-state index >= 15 is 0 Å². The van der Waals surface area contributed by atoms with Crippen molar-refractivity contribution < 1.29 is 0 Å². The average Bonchev–Trinajstić information content (AvgIpc) is 2.45. The lowest BCUT2D eigenvalue weighted by Gasteiger charge is -2.15. The third-order valence-electron chi connectivity index (χ3n) is 2.50. The van der Waals surface area contributed by atoms with Gasteiger partial charge in [-0.25, -0.2) is 0 Å². The van der Waals surface area contributed by atoms with E-state index in [1.807, 2.05) is 0 Å². The molecule has 2 heteroatoms. The van der Waals surface area contributed by atoms with E-state index in [0.717, 1.165) is 0 Å². The molecule has 0 unspecified atom stereocenters. The Balaban J connectivity index is 2.12. The molecule has 0 aromatic rings. The summed E-state index contributed by atoms with van der Waals surface area (Å²) in [5.74, 6) is 0.681. The zero-order chi connectivity index (χ0) is 6.27. The SMILES string of the molecule is N#C[C@@H]1N[C@@H]2CC[C@H]1C2. The van der Waals surface area contributed by atoms with Crippen LogP contribution >= 0.6 is 0 Å². The van der Waals surface area contributed by atoms with E-state index in [1.54, 1.807) is 0 Å². The molecule has 1 saturated heterocycles. The van der Waals surface area contributed by atoms with Gasteiger partial charge in [0.1, 0.15) is 0 Å². The first kappa shape index (κ1) is 5.25. The van der Waals surface area contributed by atoms with Crippen molar-refractivity contribution in [3.05, 3.63) is 0 Å². The van der Waals surface area contributed by atoms with Gasteiger partial charge in [-0.05, 0) is 25.2 Å². The Morgan fingerprint density at radius 1 is 1.44 bits per heavy atom. The fraction of sp³-hybridized carbons (Fsp3) is 0.857. The molecular weight excluding hydrogens is 112 g/mol. The van der Waals surface area contributed by atoms with Crippen molar-refractivity contribution in [1.29, 1.82) is 5.26 Å². The first-order chi connectivity index (χ1) is 4.40. The lowest BCUT2D eigenvalue weighted by molar-refractivity contribution is 0.443. The van der Waals surface area contributed by atoms with Crippen LogP contribution in [0.1, 0.15) is 19.3 Å². The smallest absolute Gasteiger partial charge is 0.0984 e. The molecular formula is C7H10N2. The van der Waals surface area contributed by atoms with Gasteiger partial charge in [0.15, 0.2) is 0 Å². The minimum atomic E-state index is 0.184. The highest BCUT2D eigenvalue weighted by Gasteiger charge is 2.38. The molecule has 48 valence electrons. The lowest BCUT2D eigenvalue weighted by atomic mass is 10.0. The van der Waals surface area contributed by atoms with E-state index in [9.17, 15) is 0 Å². The van der Waals surface area contributed by atoms with E-state index in [-0.39, 0.29) is 6.04 Å². The summed E-state index contributed by atoms with van der Waals surface area (Å²) in [6.45, 7) is 0. The second kappa shape index (κ2) is 1.71. The number of nitriles is 1. The van der Waals surface area contributed by atoms with Crippen LogP contribution in [0.25, 0.3) is 0 Å². The monoisotopic (exact) mass is 122 g/mol. The van der Waals surface area contributed by atoms with Gasteiger partial charge in [0, 0.05) is 6.04 Å². The molecule has 0 aromatic carbocycles. The number of nitrogens with zero attached hydrogens (tertiary/aromatic N) is 1. The standard InChI is InChI=1S/C7H10N2/c8-4-7-5-1-2-6(3-5)9-7/h5-7,9H,1-3H2/t5-,6+,7-/m0/s1. The Morgan fingerprint density at radius 3 is 2.67 bits per heavy atom. The molecule has 0 aromatic heterocycles.